The van der Waals surface area contributed by atoms with Crippen molar-refractivity contribution >= 4 is 10.0 Å². The Morgan fingerprint density at radius 2 is 1.92 bits per heavy atom. The molecule has 0 atom stereocenters. The predicted molar refractivity (Wildman–Crippen MR) is 105 cm³/mol. The zero-order valence-corrected chi connectivity index (χ0v) is 16.4. The maximum Gasteiger partial charge on any atom is 0.214 e. The number of rotatable bonds is 3. The maximum atomic E-state index is 12.7. The normalized spacial score (nSPS) is 19.7. The minimum Gasteiger partial charge on any atom is -0.245 e. The molecule has 1 saturated carbocycles. The SMILES string of the molecule is Cc1cccc(C#CC=C2CCN(S(=O)(=O)CC3CCCCC3)CC2)n1. The molecular formula is C21H28N2O2S. The summed E-state index contributed by atoms with van der Waals surface area (Å²) in [6.07, 6.45) is 9.26. The van der Waals surface area contributed by atoms with Crippen molar-refractivity contribution in [1.82, 2.24) is 9.29 Å². The van der Waals surface area contributed by atoms with Crippen LogP contribution in [0.25, 0.3) is 0 Å². The van der Waals surface area contributed by atoms with Gasteiger partial charge in [0.1, 0.15) is 5.69 Å². The van der Waals surface area contributed by atoms with E-state index in [4.69, 9.17) is 0 Å². The van der Waals surface area contributed by atoms with Crippen LogP contribution in [0, 0.1) is 24.7 Å². The van der Waals surface area contributed by atoms with Crippen LogP contribution in [0.3, 0.4) is 0 Å². The Morgan fingerprint density at radius 3 is 2.62 bits per heavy atom. The van der Waals surface area contributed by atoms with Crippen molar-refractivity contribution in [3.05, 3.63) is 41.2 Å². The summed E-state index contributed by atoms with van der Waals surface area (Å²) >= 11 is 0. The lowest BCUT2D eigenvalue weighted by molar-refractivity contribution is 0.356. The minimum atomic E-state index is -3.11. The average Bonchev–Trinajstić information content (AvgIpc) is 2.63. The van der Waals surface area contributed by atoms with E-state index in [1.54, 1.807) is 4.31 Å². The van der Waals surface area contributed by atoms with Gasteiger partial charge in [-0.2, -0.15) is 0 Å². The molecule has 1 saturated heterocycles. The Morgan fingerprint density at radius 1 is 1.19 bits per heavy atom. The first-order chi connectivity index (χ1) is 12.5. The van der Waals surface area contributed by atoms with Gasteiger partial charge >= 0.3 is 0 Å². The van der Waals surface area contributed by atoms with Crippen LogP contribution in [0.15, 0.2) is 29.8 Å². The van der Waals surface area contributed by atoms with Gasteiger partial charge in [0.25, 0.3) is 0 Å². The highest BCUT2D eigenvalue weighted by molar-refractivity contribution is 7.89. The average molecular weight is 373 g/mol. The quantitative estimate of drug-likeness (QED) is 0.761. The van der Waals surface area contributed by atoms with E-state index in [2.05, 4.69) is 16.8 Å². The highest BCUT2D eigenvalue weighted by Gasteiger charge is 2.29. The Labute approximate surface area is 157 Å². The second kappa shape index (κ2) is 8.83. The van der Waals surface area contributed by atoms with Crippen molar-refractivity contribution in [3.63, 3.8) is 0 Å². The lowest BCUT2D eigenvalue weighted by atomic mass is 9.91. The first-order valence-corrected chi connectivity index (χ1v) is 11.2. The zero-order chi connectivity index (χ0) is 18.4. The van der Waals surface area contributed by atoms with Gasteiger partial charge in [-0.15, -0.1) is 0 Å². The smallest absolute Gasteiger partial charge is 0.214 e. The van der Waals surface area contributed by atoms with Crippen molar-refractivity contribution in [2.75, 3.05) is 18.8 Å². The number of pyridine rings is 1. The van der Waals surface area contributed by atoms with Gasteiger partial charge in [-0.25, -0.2) is 17.7 Å². The van der Waals surface area contributed by atoms with Gasteiger partial charge in [0.05, 0.1) is 5.75 Å². The fourth-order valence-electron chi connectivity index (χ4n) is 3.78. The first-order valence-electron chi connectivity index (χ1n) is 9.64. The molecule has 0 aromatic carbocycles. The highest BCUT2D eigenvalue weighted by atomic mass is 32.2. The zero-order valence-electron chi connectivity index (χ0n) is 15.6. The molecule has 0 N–H and O–H groups in total. The van der Waals surface area contributed by atoms with E-state index in [0.717, 1.165) is 37.1 Å². The number of hydrogen-bond acceptors (Lipinski definition) is 3. The molecule has 2 heterocycles. The molecule has 1 aliphatic carbocycles. The molecule has 0 spiro atoms. The lowest BCUT2D eigenvalue weighted by Gasteiger charge is -2.30. The maximum absolute atomic E-state index is 12.7. The van der Waals surface area contributed by atoms with Crippen LogP contribution >= 0.6 is 0 Å². The fourth-order valence-corrected chi connectivity index (χ4v) is 5.66. The molecule has 0 bridgehead atoms. The van der Waals surface area contributed by atoms with Gasteiger partial charge in [-0.3, -0.25) is 0 Å². The number of piperidine rings is 1. The summed E-state index contributed by atoms with van der Waals surface area (Å²) in [5.41, 5.74) is 2.96. The molecular weight excluding hydrogens is 344 g/mol. The van der Waals surface area contributed by atoms with Crippen LogP contribution in [0.5, 0.6) is 0 Å². The summed E-state index contributed by atoms with van der Waals surface area (Å²) < 4.78 is 27.0. The summed E-state index contributed by atoms with van der Waals surface area (Å²) in [5.74, 6) is 6.83. The first kappa shape index (κ1) is 19.1. The van der Waals surface area contributed by atoms with Crippen molar-refractivity contribution in [3.8, 4) is 11.8 Å². The van der Waals surface area contributed by atoms with Gasteiger partial charge in [0, 0.05) is 18.8 Å². The van der Waals surface area contributed by atoms with Crippen molar-refractivity contribution < 1.29 is 8.42 Å². The van der Waals surface area contributed by atoms with Gasteiger partial charge in [0.15, 0.2) is 0 Å². The molecule has 0 radical (unpaired) electrons. The monoisotopic (exact) mass is 372 g/mol. The molecule has 140 valence electrons. The highest BCUT2D eigenvalue weighted by Crippen LogP contribution is 2.27. The summed E-state index contributed by atoms with van der Waals surface area (Å²) in [6.45, 7) is 3.13. The molecule has 2 aliphatic rings. The van der Waals surface area contributed by atoms with Crippen molar-refractivity contribution in [1.29, 1.82) is 0 Å². The number of nitrogens with zero attached hydrogens (tertiary/aromatic N) is 2. The number of sulfonamides is 1. The Bertz CT molecular complexity index is 802. The number of aryl methyl sites for hydroxylation is 1. The summed E-state index contributed by atoms with van der Waals surface area (Å²) in [7, 11) is -3.11. The Hall–Kier alpha value is -1.64. The van der Waals surface area contributed by atoms with Crippen LogP contribution in [0.1, 0.15) is 56.3 Å². The molecule has 0 unspecified atom stereocenters. The number of hydrogen-bond donors (Lipinski definition) is 0. The number of aromatic nitrogens is 1. The molecule has 5 heteroatoms. The van der Waals surface area contributed by atoms with E-state index in [-0.39, 0.29) is 0 Å². The molecule has 26 heavy (non-hydrogen) atoms. The standard InChI is InChI=1S/C21H28N2O2S/c1-18-7-5-11-21(22-18)12-6-10-19-13-15-23(16-14-19)26(24,25)17-20-8-3-2-4-9-20/h5,7,10-11,20H,2-4,8-9,13-17H2,1H3. The van der Waals surface area contributed by atoms with Crippen LogP contribution in [0.2, 0.25) is 0 Å². The van der Waals surface area contributed by atoms with Crippen LogP contribution in [0.4, 0.5) is 0 Å². The minimum absolute atomic E-state index is 0.338. The van der Waals surface area contributed by atoms with E-state index < -0.39 is 10.0 Å². The third-order valence-electron chi connectivity index (χ3n) is 5.29. The largest absolute Gasteiger partial charge is 0.245 e. The van der Waals surface area contributed by atoms with E-state index in [1.807, 2.05) is 31.2 Å². The Kier molecular flexibility index (Phi) is 6.50. The van der Waals surface area contributed by atoms with Crippen LogP contribution < -0.4 is 0 Å². The van der Waals surface area contributed by atoms with E-state index in [0.29, 0.717) is 24.8 Å². The van der Waals surface area contributed by atoms with Gasteiger partial charge in [-0.1, -0.05) is 36.8 Å². The fraction of sp³-hybridized carbons (Fsp3) is 0.571. The molecule has 2 fully saturated rings. The lowest BCUT2D eigenvalue weighted by Crippen LogP contribution is -2.39. The van der Waals surface area contributed by atoms with E-state index >= 15 is 0 Å². The predicted octanol–water partition coefficient (Wildman–Crippen LogP) is 3.67. The molecule has 4 nitrogen and oxygen atoms in total. The third-order valence-corrected chi connectivity index (χ3v) is 7.34. The summed E-state index contributed by atoms with van der Waals surface area (Å²) in [4.78, 5) is 4.37. The second-order valence-electron chi connectivity index (χ2n) is 7.42. The second-order valence-corrected chi connectivity index (χ2v) is 9.43. The topological polar surface area (TPSA) is 50.3 Å². The van der Waals surface area contributed by atoms with Gasteiger partial charge < -0.3 is 0 Å². The van der Waals surface area contributed by atoms with Gasteiger partial charge in [-0.05, 0) is 62.7 Å². The molecule has 0 amide bonds. The van der Waals surface area contributed by atoms with Crippen LogP contribution in [-0.2, 0) is 10.0 Å². The van der Waals surface area contributed by atoms with Crippen LogP contribution in [-0.4, -0.2) is 36.5 Å². The summed E-state index contributed by atoms with van der Waals surface area (Å²) in [6, 6.07) is 5.81. The van der Waals surface area contributed by atoms with E-state index in [1.165, 1.54) is 24.8 Å². The van der Waals surface area contributed by atoms with E-state index in [9.17, 15) is 8.42 Å². The number of allylic oxidation sites excluding steroid dienone is 1. The Balaban J connectivity index is 1.53. The van der Waals surface area contributed by atoms with Crippen molar-refractivity contribution in [2.24, 2.45) is 5.92 Å². The summed E-state index contributed by atoms with van der Waals surface area (Å²) in [5, 5.41) is 0. The van der Waals surface area contributed by atoms with Gasteiger partial charge in [0.2, 0.25) is 10.0 Å². The molecule has 1 aliphatic heterocycles. The van der Waals surface area contributed by atoms with Crippen molar-refractivity contribution in [2.45, 2.75) is 51.9 Å². The molecule has 3 rings (SSSR count). The third kappa shape index (κ3) is 5.43. The molecule has 1 aromatic rings. The molecule has 1 aromatic heterocycles.